The molecule has 0 bridgehead atoms. The number of amides is 1. The number of ether oxygens (including phenoxy) is 2. The Kier molecular flexibility index (Phi) is 41.2. The summed E-state index contributed by atoms with van der Waals surface area (Å²) in [4.78, 5) is 13.0. The standard InChI is InChI=1S/C53H101NO8/c1-3-5-7-9-11-13-15-17-18-19-20-21-22-23-24-25-26-27-28-29-31-33-35-37-39-41-43-49(57)54-46(45-61-53-52(60)51(59)50(58)48(44-55)62-53)47(56)42-40-38-36-34-32-30-16-14-12-10-8-6-4-2/h23-24,40,42,46-48,50-53,55-56,58-60H,3-22,25-39,41,43-45H2,1-2H3,(H,54,57)/b24-23-,42-40+. The van der Waals surface area contributed by atoms with Crippen molar-refractivity contribution < 1.29 is 39.8 Å². The zero-order valence-corrected chi connectivity index (χ0v) is 40.4. The summed E-state index contributed by atoms with van der Waals surface area (Å²) in [7, 11) is 0. The second-order valence-electron chi connectivity index (χ2n) is 18.7. The van der Waals surface area contributed by atoms with Gasteiger partial charge in [-0.15, -0.1) is 0 Å². The molecule has 1 saturated heterocycles. The van der Waals surface area contributed by atoms with Gasteiger partial charge in [0.05, 0.1) is 25.4 Å². The number of rotatable bonds is 45. The number of aliphatic hydroxyl groups is 5. The molecule has 7 atom stereocenters. The molecule has 1 rings (SSSR count). The summed E-state index contributed by atoms with van der Waals surface area (Å²) < 4.78 is 11.2. The van der Waals surface area contributed by atoms with Crippen molar-refractivity contribution in [2.24, 2.45) is 0 Å². The summed E-state index contributed by atoms with van der Waals surface area (Å²) in [5.41, 5.74) is 0. The first-order chi connectivity index (χ1) is 30.3. The first kappa shape index (κ1) is 58.7. The van der Waals surface area contributed by atoms with E-state index in [0.717, 1.165) is 38.5 Å². The lowest BCUT2D eigenvalue weighted by Gasteiger charge is -2.40. The van der Waals surface area contributed by atoms with Crippen molar-refractivity contribution in [2.75, 3.05) is 13.2 Å². The van der Waals surface area contributed by atoms with Crippen molar-refractivity contribution in [1.82, 2.24) is 5.32 Å². The molecule has 0 spiro atoms. The second-order valence-corrected chi connectivity index (χ2v) is 18.7. The Hall–Kier alpha value is -1.33. The fourth-order valence-corrected chi connectivity index (χ4v) is 8.51. The van der Waals surface area contributed by atoms with Gasteiger partial charge in [-0.2, -0.15) is 0 Å². The quantitative estimate of drug-likeness (QED) is 0.0262. The normalized spacial score (nSPS) is 20.4. The van der Waals surface area contributed by atoms with Gasteiger partial charge >= 0.3 is 0 Å². The second kappa shape index (κ2) is 43.6. The summed E-state index contributed by atoms with van der Waals surface area (Å²) in [5, 5.41) is 54.3. The van der Waals surface area contributed by atoms with Crippen LogP contribution >= 0.6 is 0 Å². The largest absolute Gasteiger partial charge is 0.394 e. The average molecular weight is 880 g/mol. The van der Waals surface area contributed by atoms with E-state index in [-0.39, 0.29) is 12.5 Å². The van der Waals surface area contributed by atoms with E-state index in [2.05, 4.69) is 31.3 Å². The van der Waals surface area contributed by atoms with Crippen LogP contribution in [-0.2, 0) is 14.3 Å². The fraction of sp³-hybridized carbons (Fsp3) is 0.906. The minimum Gasteiger partial charge on any atom is -0.394 e. The third-order valence-electron chi connectivity index (χ3n) is 12.8. The van der Waals surface area contributed by atoms with Crippen molar-refractivity contribution in [3.8, 4) is 0 Å². The number of aliphatic hydroxyl groups excluding tert-OH is 5. The molecule has 0 aromatic carbocycles. The molecule has 0 radical (unpaired) electrons. The van der Waals surface area contributed by atoms with Crippen LogP contribution in [0.1, 0.15) is 251 Å². The Bertz CT molecular complexity index is 1020. The van der Waals surface area contributed by atoms with Gasteiger partial charge < -0.3 is 40.3 Å². The summed E-state index contributed by atoms with van der Waals surface area (Å²) in [5.74, 6) is -0.176. The van der Waals surface area contributed by atoms with Gasteiger partial charge in [0.1, 0.15) is 24.4 Å². The van der Waals surface area contributed by atoms with E-state index in [1.807, 2.05) is 6.08 Å². The molecule has 0 aliphatic carbocycles. The maximum atomic E-state index is 13.0. The maximum absolute atomic E-state index is 13.0. The van der Waals surface area contributed by atoms with Gasteiger partial charge in [0.2, 0.25) is 5.91 Å². The van der Waals surface area contributed by atoms with Crippen molar-refractivity contribution in [3.05, 3.63) is 24.3 Å². The molecule has 1 aliphatic heterocycles. The molecule has 6 N–H and O–H groups in total. The number of hydrogen-bond acceptors (Lipinski definition) is 8. The fourth-order valence-electron chi connectivity index (χ4n) is 8.51. The maximum Gasteiger partial charge on any atom is 0.220 e. The number of nitrogens with one attached hydrogen (secondary N) is 1. The van der Waals surface area contributed by atoms with Crippen LogP contribution in [0.4, 0.5) is 0 Å². The highest BCUT2D eigenvalue weighted by Crippen LogP contribution is 2.23. The summed E-state index contributed by atoms with van der Waals surface area (Å²) in [6.07, 6.45) is 46.7. The molecule has 0 aromatic rings. The van der Waals surface area contributed by atoms with E-state index >= 15 is 0 Å². The Balaban J connectivity index is 2.21. The van der Waals surface area contributed by atoms with Gasteiger partial charge in [0.15, 0.2) is 6.29 Å². The zero-order chi connectivity index (χ0) is 45.1. The Morgan fingerprint density at radius 3 is 1.31 bits per heavy atom. The molecular weight excluding hydrogens is 779 g/mol. The Morgan fingerprint density at radius 2 is 0.903 bits per heavy atom. The highest BCUT2D eigenvalue weighted by atomic mass is 16.7. The number of unbranched alkanes of at least 4 members (excludes halogenated alkanes) is 33. The highest BCUT2D eigenvalue weighted by molar-refractivity contribution is 5.76. The van der Waals surface area contributed by atoms with Crippen LogP contribution in [0, 0.1) is 0 Å². The van der Waals surface area contributed by atoms with Crippen molar-refractivity contribution in [2.45, 2.75) is 294 Å². The van der Waals surface area contributed by atoms with Gasteiger partial charge in [-0.3, -0.25) is 4.79 Å². The van der Waals surface area contributed by atoms with Gasteiger partial charge in [0.25, 0.3) is 0 Å². The molecule has 366 valence electrons. The van der Waals surface area contributed by atoms with Gasteiger partial charge in [-0.05, 0) is 44.9 Å². The van der Waals surface area contributed by atoms with Gasteiger partial charge in [0, 0.05) is 6.42 Å². The van der Waals surface area contributed by atoms with Crippen LogP contribution in [0.25, 0.3) is 0 Å². The number of hydrogen-bond donors (Lipinski definition) is 6. The van der Waals surface area contributed by atoms with Crippen LogP contribution < -0.4 is 5.32 Å². The zero-order valence-electron chi connectivity index (χ0n) is 40.4. The molecule has 1 amide bonds. The minimum absolute atomic E-state index is 0.176. The van der Waals surface area contributed by atoms with E-state index in [1.54, 1.807) is 6.08 Å². The smallest absolute Gasteiger partial charge is 0.220 e. The SMILES string of the molecule is CCCCCCCCCCCCC/C=C/C(O)C(COC1OC(CO)C(O)C(O)C1O)NC(=O)CCCCCCCCCCCC/C=C\CCCCCCCCCCCCCC. The third kappa shape index (κ3) is 33.2. The van der Waals surface area contributed by atoms with E-state index in [0.29, 0.717) is 6.42 Å². The van der Waals surface area contributed by atoms with E-state index in [1.165, 1.54) is 193 Å². The Morgan fingerprint density at radius 1 is 0.532 bits per heavy atom. The van der Waals surface area contributed by atoms with Crippen LogP contribution in [0.2, 0.25) is 0 Å². The van der Waals surface area contributed by atoms with Crippen LogP contribution in [0.15, 0.2) is 24.3 Å². The van der Waals surface area contributed by atoms with E-state index < -0.39 is 49.5 Å². The van der Waals surface area contributed by atoms with Crippen molar-refractivity contribution in [1.29, 1.82) is 0 Å². The number of carbonyl (C=O) groups is 1. The molecule has 1 aliphatic rings. The number of allylic oxidation sites excluding steroid dienone is 3. The third-order valence-corrected chi connectivity index (χ3v) is 12.8. The topological polar surface area (TPSA) is 149 Å². The molecule has 0 saturated carbocycles. The summed E-state index contributed by atoms with van der Waals surface area (Å²) in [6, 6.07) is -0.802. The van der Waals surface area contributed by atoms with Gasteiger partial charge in [-0.1, -0.05) is 224 Å². The van der Waals surface area contributed by atoms with Crippen LogP contribution in [0.5, 0.6) is 0 Å². The lowest BCUT2D eigenvalue weighted by atomic mass is 9.99. The first-order valence-corrected chi connectivity index (χ1v) is 26.6. The summed E-state index contributed by atoms with van der Waals surface area (Å²) >= 11 is 0. The highest BCUT2D eigenvalue weighted by Gasteiger charge is 2.44. The first-order valence-electron chi connectivity index (χ1n) is 26.6. The molecule has 9 heteroatoms. The molecule has 9 nitrogen and oxygen atoms in total. The monoisotopic (exact) mass is 880 g/mol. The predicted octanol–water partition coefficient (Wildman–Crippen LogP) is 12.2. The molecule has 1 heterocycles. The molecule has 7 unspecified atom stereocenters. The van der Waals surface area contributed by atoms with Crippen LogP contribution in [-0.4, -0.2) is 87.5 Å². The predicted molar refractivity (Wildman–Crippen MR) is 258 cm³/mol. The molecule has 62 heavy (non-hydrogen) atoms. The molecular formula is C53H101NO8. The number of carbonyl (C=O) groups excluding carboxylic acids is 1. The minimum atomic E-state index is -1.56. The summed E-state index contributed by atoms with van der Waals surface area (Å²) in [6.45, 7) is 3.79. The Labute approximate surface area is 381 Å². The lowest BCUT2D eigenvalue weighted by molar-refractivity contribution is -0.302. The molecule has 1 fully saturated rings. The van der Waals surface area contributed by atoms with E-state index in [4.69, 9.17) is 9.47 Å². The van der Waals surface area contributed by atoms with E-state index in [9.17, 15) is 30.3 Å². The van der Waals surface area contributed by atoms with Crippen molar-refractivity contribution >= 4 is 5.91 Å². The van der Waals surface area contributed by atoms with Crippen LogP contribution in [0.3, 0.4) is 0 Å². The van der Waals surface area contributed by atoms with Gasteiger partial charge in [-0.25, -0.2) is 0 Å². The molecule has 0 aromatic heterocycles. The average Bonchev–Trinajstić information content (AvgIpc) is 3.27. The van der Waals surface area contributed by atoms with Crippen molar-refractivity contribution in [3.63, 3.8) is 0 Å². The lowest BCUT2D eigenvalue weighted by Crippen LogP contribution is -2.60.